The molecule has 0 bridgehead atoms. The zero-order valence-electron chi connectivity index (χ0n) is 17.0. The van der Waals surface area contributed by atoms with E-state index in [1.165, 1.54) is 17.3 Å². The number of para-hydroxylation sites is 1. The molecule has 1 atom stereocenters. The molecule has 0 fully saturated rings. The second-order valence-electron chi connectivity index (χ2n) is 8.29. The Morgan fingerprint density at radius 3 is 2.69 bits per heavy atom. The van der Waals surface area contributed by atoms with Crippen molar-refractivity contribution in [2.45, 2.75) is 19.9 Å². The van der Waals surface area contributed by atoms with Crippen LogP contribution in [0.4, 0.5) is 10.1 Å². The molecule has 0 N–H and O–H groups in total. The van der Waals surface area contributed by atoms with Crippen molar-refractivity contribution in [3.8, 4) is 11.5 Å². The van der Waals surface area contributed by atoms with E-state index in [1.807, 2.05) is 7.05 Å². The summed E-state index contributed by atoms with van der Waals surface area (Å²) in [7, 11) is 3.96. The highest BCUT2D eigenvalue weighted by atomic mass is 19.1. The SMILES string of the molecule is CC(C)C1CN(C)c2cccc3cc(-c4nc5cc(C=O)cc(F)c5n4C)n1c23. The van der Waals surface area contributed by atoms with Crippen molar-refractivity contribution in [2.75, 3.05) is 18.5 Å². The van der Waals surface area contributed by atoms with Gasteiger partial charge in [-0.25, -0.2) is 9.37 Å². The number of aldehydes is 1. The van der Waals surface area contributed by atoms with E-state index < -0.39 is 5.82 Å². The van der Waals surface area contributed by atoms with Crippen molar-refractivity contribution in [2.24, 2.45) is 13.0 Å². The van der Waals surface area contributed by atoms with Gasteiger partial charge in [0.25, 0.3) is 0 Å². The third-order valence-electron chi connectivity index (χ3n) is 6.12. The number of benzene rings is 2. The van der Waals surface area contributed by atoms with Crippen LogP contribution in [-0.4, -0.2) is 34.0 Å². The topological polar surface area (TPSA) is 43.1 Å². The van der Waals surface area contributed by atoms with Crippen molar-refractivity contribution in [1.82, 2.24) is 14.1 Å². The number of nitrogens with zero attached hydrogens (tertiary/aromatic N) is 4. The molecule has 1 aliphatic rings. The van der Waals surface area contributed by atoms with Gasteiger partial charge in [-0.2, -0.15) is 0 Å². The Kier molecular flexibility index (Phi) is 3.81. The average Bonchev–Trinajstić information content (AvgIpc) is 3.23. The Bertz CT molecular complexity index is 1280. The maximum absolute atomic E-state index is 14.7. The van der Waals surface area contributed by atoms with Crippen molar-refractivity contribution in [3.05, 3.63) is 47.8 Å². The standard InChI is InChI=1S/C23H23FN4O/c1-13(2)20-11-26(3)18-7-5-6-15-10-19(28(20)21(15)18)23-25-17-9-14(12-29)8-16(24)22(17)27(23)4/h5-10,12-13,20H,11H2,1-4H3. The predicted octanol–water partition coefficient (Wildman–Crippen LogP) is 4.79. The first-order valence-corrected chi connectivity index (χ1v) is 9.87. The van der Waals surface area contributed by atoms with Gasteiger partial charge in [-0.3, -0.25) is 4.79 Å². The molecule has 148 valence electrons. The third-order valence-corrected chi connectivity index (χ3v) is 6.12. The fourth-order valence-corrected chi connectivity index (χ4v) is 4.67. The van der Waals surface area contributed by atoms with Gasteiger partial charge in [-0.1, -0.05) is 26.0 Å². The molecule has 1 aliphatic heterocycles. The van der Waals surface area contributed by atoms with Crippen LogP contribution < -0.4 is 4.90 Å². The molecule has 0 aliphatic carbocycles. The van der Waals surface area contributed by atoms with Crippen LogP contribution in [0, 0.1) is 11.7 Å². The second-order valence-corrected chi connectivity index (χ2v) is 8.29. The van der Waals surface area contributed by atoms with E-state index >= 15 is 0 Å². The molecule has 0 amide bonds. The highest BCUT2D eigenvalue weighted by Crippen LogP contribution is 2.42. The van der Waals surface area contributed by atoms with Crippen LogP contribution in [0.2, 0.25) is 0 Å². The van der Waals surface area contributed by atoms with Gasteiger partial charge < -0.3 is 14.0 Å². The van der Waals surface area contributed by atoms with Gasteiger partial charge in [0, 0.05) is 31.6 Å². The van der Waals surface area contributed by atoms with E-state index in [9.17, 15) is 9.18 Å². The quantitative estimate of drug-likeness (QED) is 0.472. The molecule has 0 saturated heterocycles. The number of likely N-dealkylation sites (N-methyl/N-ethyl adjacent to an activating group) is 1. The van der Waals surface area contributed by atoms with Crippen LogP contribution in [-0.2, 0) is 7.05 Å². The monoisotopic (exact) mass is 390 g/mol. The highest BCUT2D eigenvalue weighted by molar-refractivity contribution is 5.97. The number of carbonyl (C=O) groups is 1. The molecule has 0 saturated carbocycles. The van der Waals surface area contributed by atoms with E-state index in [0.717, 1.165) is 17.6 Å². The van der Waals surface area contributed by atoms with Gasteiger partial charge in [0.2, 0.25) is 0 Å². The Morgan fingerprint density at radius 1 is 1.17 bits per heavy atom. The Balaban J connectivity index is 1.86. The average molecular weight is 390 g/mol. The molecule has 29 heavy (non-hydrogen) atoms. The maximum atomic E-state index is 14.7. The normalized spacial score (nSPS) is 16.3. The van der Waals surface area contributed by atoms with Gasteiger partial charge in [-0.05, 0) is 30.2 Å². The predicted molar refractivity (Wildman–Crippen MR) is 114 cm³/mol. The number of hydrogen-bond donors (Lipinski definition) is 0. The summed E-state index contributed by atoms with van der Waals surface area (Å²) in [6.45, 7) is 5.36. The van der Waals surface area contributed by atoms with Crippen LogP contribution in [0.25, 0.3) is 33.5 Å². The van der Waals surface area contributed by atoms with Crippen LogP contribution in [0.15, 0.2) is 36.4 Å². The number of hydrogen-bond acceptors (Lipinski definition) is 3. The fourth-order valence-electron chi connectivity index (χ4n) is 4.67. The summed E-state index contributed by atoms with van der Waals surface area (Å²) in [5, 5.41) is 1.15. The third kappa shape index (κ3) is 2.44. The minimum Gasteiger partial charge on any atom is -0.371 e. The zero-order chi connectivity index (χ0) is 20.4. The number of carbonyl (C=O) groups excluding carboxylic acids is 1. The van der Waals surface area contributed by atoms with Crippen molar-refractivity contribution in [1.29, 1.82) is 0 Å². The largest absolute Gasteiger partial charge is 0.371 e. The van der Waals surface area contributed by atoms with Gasteiger partial charge in [0.05, 0.1) is 28.5 Å². The summed E-state index contributed by atoms with van der Waals surface area (Å²) >= 11 is 0. The second kappa shape index (κ2) is 6.17. The van der Waals surface area contributed by atoms with E-state index in [1.54, 1.807) is 10.6 Å². The molecule has 5 rings (SSSR count). The summed E-state index contributed by atoms with van der Waals surface area (Å²) in [4.78, 5) is 18.2. The molecule has 2 aromatic heterocycles. The van der Waals surface area contributed by atoms with Crippen molar-refractivity contribution >= 4 is 33.9 Å². The van der Waals surface area contributed by atoms with E-state index in [4.69, 9.17) is 4.98 Å². The summed E-state index contributed by atoms with van der Waals surface area (Å²) in [6.07, 6.45) is 0.656. The zero-order valence-corrected chi connectivity index (χ0v) is 17.0. The Labute approximate surface area is 168 Å². The van der Waals surface area contributed by atoms with E-state index in [0.29, 0.717) is 34.6 Å². The summed E-state index contributed by atoms with van der Waals surface area (Å²) < 4.78 is 18.9. The lowest BCUT2D eigenvalue weighted by Gasteiger charge is -2.36. The van der Waals surface area contributed by atoms with Crippen molar-refractivity contribution in [3.63, 3.8) is 0 Å². The molecule has 4 aromatic rings. The first-order valence-electron chi connectivity index (χ1n) is 9.87. The van der Waals surface area contributed by atoms with Gasteiger partial charge in [0.15, 0.2) is 5.82 Å². The van der Waals surface area contributed by atoms with E-state index in [2.05, 4.69) is 54.6 Å². The summed E-state index contributed by atoms with van der Waals surface area (Å²) in [5.41, 5.74) is 4.57. The molecule has 0 spiro atoms. The number of rotatable bonds is 3. The Morgan fingerprint density at radius 2 is 1.97 bits per heavy atom. The lowest BCUT2D eigenvalue weighted by molar-refractivity contribution is 0.112. The lowest BCUT2D eigenvalue weighted by atomic mass is 10.0. The molecule has 1 unspecified atom stereocenters. The van der Waals surface area contributed by atoms with Crippen LogP contribution in [0.1, 0.15) is 30.2 Å². The van der Waals surface area contributed by atoms with Gasteiger partial charge in [-0.15, -0.1) is 0 Å². The number of aromatic nitrogens is 3. The first-order chi connectivity index (χ1) is 13.9. The van der Waals surface area contributed by atoms with Crippen molar-refractivity contribution < 1.29 is 9.18 Å². The number of halogens is 1. The first kappa shape index (κ1) is 17.9. The lowest BCUT2D eigenvalue weighted by Crippen LogP contribution is -2.35. The molecule has 3 heterocycles. The van der Waals surface area contributed by atoms with E-state index in [-0.39, 0.29) is 6.04 Å². The smallest absolute Gasteiger partial charge is 0.157 e. The highest BCUT2D eigenvalue weighted by Gasteiger charge is 2.31. The molecular weight excluding hydrogens is 367 g/mol. The molecule has 2 aromatic carbocycles. The number of anilines is 1. The molecular formula is C23H23FN4O. The number of imidazole rings is 1. The minimum atomic E-state index is -0.429. The van der Waals surface area contributed by atoms with Gasteiger partial charge in [0.1, 0.15) is 17.6 Å². The van der Waals surface area contributed by atoms with Crippen LogP contribution in [0.5, 0.6) is 0 Å². The number of fused-ring (bicyclic) bond motifs is 1. The number of aryl methyl sites for hydroxylation is 1. The van der Waals surface area contributed by atoms with Crippen LogP contribution >= 0.6 is 0 Å². The maximum Gasteiger partial charge on any atom is 0.157 e. The summed E-state index contributed by atoms with van der Waals surface area (Å²) in [5.74, 6) is 0.703. The van der Waals surface area contributed by atoms with Gasteiger partial charge >= 0.3 is 0 Å². The minimum absolute atomic E-state index is 0.276. The summed E-state index contributed by atoms with van der Waals surface area (Å²) in [6, 6.07) is 11.7. The molecule has 0 radical (unpaired) electrons. The molecule has 5 nitrogen and oxygen atoms in total. The fraction of sp³-hybridized carbons (Fsp3) is 0.304. The van der Waals surface area contributed by atoms with Crippen LogP contribution in [0.3, 0.4) is 0 Å². The Hall–Kier alpha value is -3.15. The molecule has 6 heteroatoms.